The zero-order valence-corrected chi connectivity index (χ0v) is 13.7. The maximum atomic E-state index is 13.0. The topological polar surface area (TPSA) is 59.8 Å². The second-order valence-electron chi connectivity index (χ2n) is 5.74. The number of hydrogen-bond donors (Lipinski definition) is 1. The average Bonchev–Trinajstić information content (AvgIpc) is 2.89. The number of aromatic nitrogens is 3. The number of halogens is 1. The fourth-order valence-electron chi connectivity index (χ4n) is 2.60. The monoisotopic (exact) mass is 324 g/mol. The first-order chi connectivity index (χ1) is 11.4. The third-order valence-corrected chi connectivity index (χ3v) is 3.66. The molecule has 0 radical (unpaired) electrons. The molecule has 0 bridgehead atoms. The van der Waals surface area contributed by atoms with E-state index in [4.69, 9.17) is 0 Å². The van der Waals surface area contributed by atoms with E-state index in [9.17, 15) is 9.18 Å². The van der Waals surface area contributed by atoms with Crippen LogP contribution < -0.4 is 5.32 Å². The highest BCUT2D eigenvalue weighted by Gasteiger charge is 2.17. The summed E-state index contributed by atoms with van der Waals surface area (Å²) >= 11 is 0. The summed E-state index contributed by atoms with van der Waals surface area (Å²) in [5, 5.41) is 10.8. The Labute approximate surface area is 139 Å². The highest BCUT2D eigenvalue weighted by atomic mass is 19.1. The van der Waals surface area contributed by atoms with Crippen molar-refractivity contribution in [2.75, 3.05) is 5.32 Å². The van der Waals surface area contributed by atoms with Gasteiger partial charge in [0, 0.05) is 5.69 Å². The van der Waals surface area contributed by atoms with Crippen molar-refractivity contribution in [3.63, 3.8) is 0 Å². The van der Waals surface area contributed by atoms with Crippen molar-refractivity contribution < 1.29 is 9.18 Å². The van der Waals surface area contributed by atoms with Crippen LogP contribution in [0.2, 0.25) is 0 Å². The molecule has 1 aromatic heterocycles. The largest absolute Gasteiger partial charge is 0.321 e. The first-order valence-corrected chi connectivity index (χ1v) is 7.52. The van der Waals surface area contributed by atoms with Crippen LogP contribution in [0.5, 0.6) is 0 Å². The molecule has 24 heavy (non-hydrogen) atoms. The SMILES string of the molecule is Cc1cc(C)cc(NC(=O)c2nnn(-c3ccc(F)cc3)c2C)c1. The first-order valence-electron chi connectivity index (χ1n) is 7.52. The van der Waals surface area contributed by atoms with Gasteiger partial charge in [-0.25, -0.2) is 9.07 Å². The predicted molar refractivity (Wildman–Crippen MR) is 89.9 cm³/mol. The van der Waals surface area contributed by atoms with Crippen LogP contribution in [-0.4, -0.2) is 20.9 Å². The molecule has 0 unspecified atom stereocenters. The molecule has 6 heteroatoms. The van der Waals surface area contributed by atoms with Crippen LogP contribution in [0.3, 0.4) is 0 Å². The number of nitrogens with zero attached hydrogens (tertiary/aromatic N) is 3. The number of carbonyl (C=O) groups is 1. The summed E-state index contributed by atoms with van der Waals surface area (Å²) in [7, 11) is 0. The summed E-state index contributed by atoms with van der Waals surface area (Å²) in [6, 6.07) is 11.7. The van der Waals surface area contributed by atoms with Gasteiger partial charge in [0.1, 0.15) is 5.82 Å². The Balaban J connectivity index is 1.87. The standard InChI is InChI=1S/C18H17FN4O/c1-11-8-12(2)10-15(9-11)20-18(24)17-13(3)23(22-21-17)16-6-4-14(19)5-7-16/h4-10H,1-3H3,(H,20,24). The van der Waals surface area contributed by atoms with Crippen molar-refractivity contribution in [1.82, 2.24) is 15.0 Å². The highest BCUT2D eigenvalue weighted by Crippen LogP contribution is 2.17. The summed E-state index contributed by atoms with van der Waals surface area (Å²) in [5.74, 6) is -0.657. The van der Waals surface area contributed by atoms with Gasteiger partial charge < -0.3 is 5.32 Å². The number of rotatable bonds is 3. The number of amides is 1. The van der Waals surface area contributed by atoms with Crippen molar-refractivity contribution in [2.24, 2.45) is 0 Å². The highest BCUT2D eigenvalue weighted by molar-refractivity contribution is 6.03. The Bertz CT molecular complexity index is 880. The van der Waals surface area contributed by atoms with Crippen LogP contribution in [0.25, 0.3) is 5.69 Å². The quantitative estimate of drug-likeness (QED) is 0.801. The fraction of sp³-hybridized carbons (Fsp3) is 0.167. The molecule has 0 aliphatic carbocycles. The van der Waals surface area contributed by atoms with E-state index in [0.29, 0.717) is 17.1 Å². The van der Waals surface area contributed by atoms with Gasteiger partial charge in [-0.3, -0.25) is 4.79 Å². The molecule has 1 amide bonds. The Morgan fingerprint density at radius 1 is 1.04 bits per heavy atom. The van der Waals surface area contributed by atoms with E-state index >= 15 is 0 Å². The lowest BCUT2D eigenvalue weighted by Gasteiger charge is -2.07. The van der Waals surface area contributed by atoms with E-state index in [0.717, 1.165) is 11.1 Å². The van der Waals surface area contributed by atoms with Gasteiger partial charge in [-0.15, -0.1) is 5.10 Å². The molecule has 0 saturated carbocycles. The van der Waals surface area contributed by atoms with Crippen LogP contribution >= 0.6 is 0 Å². The summed E-state index contributed by atoms with van der Waals surface area (Å²) in [6.07, 6.45) is 0. The first kappa shape index (κ1) is 15.9. The molecule has 2 aromatic carbocycles. The normalized spacial score (nSPS) is 10.7. The lowest BCUT2D eigenvalue weighted by atomic mass is 10.1. The average molecular weight is 324 g/mol. The molecule has 0 atom stereocenters. The van der Waals surface area contributed by atoms with Crippen LogP contribution in [0, 0.1) is 26.6 Å². The minimum atomic E-state index is -0.329. The lowest BCUT2D eigenvalue weighted by molar-refractivity contribution is 0.102. The van der Waals surface area contributed by atoms with Crippen LogP contribution in [0.15, 0.2) is 42.5 Å². The van der Waals surface area contributed by atoms with E-state index in [1.54, 1.807) is 19.1 Å². The van der Waals surface area contributed by atoms with Gasteiger partial charge >= 0.3 is 0 Å². The molecule has 0 spiro atoms. The van der Waals surface area contributed by atoms with E-state index in [2.05, 4.69) is 15.6 Å². The van der Waals surface area contributed by atoms with Gasteiger partial charge in [-0.05, 0) is 68.3 Å². The number of hydrogen-bond acceptors (Lipinski definition) is 3. The molecule has 3 aromatic rings. The van der Waals surface area contributed by atoms with Gasteiger partial charge in [0.15, 0.2) is 5.69 Å². The van der Waals surface area contributed by atoms with Crippen molar-refractivity contribution >= 4 is 11.6 Å². The minimum absolute atomic E-state index is 0.235. The van der Waals surface area contributed by atoms with E-state index in [1.165, 1.54) is 16.8 Å². The summed E-state index contributed by atoms with van der Waals surface area (Å²) in [4.78, 5) is 12.5. The maximum absolute atomic E-state index is 13.0. The number of benzene rings is 2. The summed E-state index contributed by atoms with van der Waals surface area (Å²) in [5.41, 5.74) is 4.32. The molecule has 0 aliphatic heterocycles. The Morgan fingerprint density at radius 2 is 1.67 bits per heavy atom. The van der Waals surface area contributed by atoms with E-state index in [1.807, 2.05) is 32.0 Å². The molecular weight excluding hydrogens is 307 g/mol. The molecule has 5 nitrogen and oxygen atoms in total. The molecule has 0 aliphatic rings. The van der Waals surface area contributed by atoms with E-state index in [-0.39, 0.29) is 17.4 Å². The second-order valence-corrected chi connectivity index (χ2v) is 5.74. The zero-order valence-electron chi connectivity index (χ0n) is 13.7. The van der Waals surface area contributed by atoms with Crippen LogP contribution in [0.4, 0.5) is 10.1 Å². The van der Waals surface area contributed by atoms with Crippen molar-refractivity contribution in [1.29, 1.82) is 0 Å². The molecule has 0 fully saturated rings. The van der Waals surface area contributed by atoms with Gasteiger partial charge in [-0.1, -0.05) is 11.3 Å². The van der Waals surface area contributed by atoms with Crippen LogP contribution in [-0.2, 0) is 0 Å². The Kier molecular flexibility index (Phi) is 4.12. The van der Waals surface area contributed by atoms with Gasteiger partial charge in [-0.2, -0.15) is 0 Å². The molecule has 1 heterocycles. The lowest BCUT2D eigenvalue weighted by Crippen LogP contribution is -2.14. The molecular formula is C18H17FN4O. The maximum Gasteiger partial charge on any atom is 0.278 e. The zero-order chi connectivity index (χ0) is 17.3. The third kappa shape index (κ3) is 3.17. The molecule has 1 N–H and O–H groups in total. The number of nitrogens with one attached hydrogen (secondary N) is 1. The fourth-order valence-corrected chi connectivity index (χ4v) is 2.60. The van der Waals surface area contributed by atoms with Crippen molar-refractivity contribution in [3.8, 4) is 5.69 Å². The number of anilines is 1. The number of carbonyl (C=O) groups excluding carboxylic acids is 1. The minimum Gasteiger partial charge on any atom is -0.321 e. The second kappa shape index (κ2) is 6.23. The van der Waals surface area contributed by atoms with E-state index < -0.39 is 0 Å². The summed E-state index contributed by atoms with van der Waals surface area (Å²) < 4.78 is 14.5. The Morgan fingerprint density at radius 3 is 2.29 bits per heavy atom. The van der Waals surface area contributed by atoms with Crippen molar-refractivity contribution in [3.05, 3.63) is 70.8 Å². The van der Waals surface area contributed by atoms with Crippen molar-refractivity contribution in [2.45, 2.75) is 20.8 Å². The van der Waals surface area contributed by atoms with Crippen LogP contribution in [0.1, 0.15) is 27.3 Å². The molecule has 3 rings (SSSR count). The summed E-state index contributed by atoms with van der Waals surface area (Å²) in [6.45, 7) is 5.69. The van der Waals surface area contributed by atoms with Gasteiger partial charge in [0.05, 0.1) is 11.4 Å². The van der Waals surface area contributed by atoms with Gasteiger partial charge in [0.2, 0.25) is 0 Å². The van der Waals surface area contributed by atoms with Gasteiger partial charge in [0.25, 0.3) is 5.91 Å². The Hall–Kier alpha value is -3.02. The molecule has 122 valence electrons. The molecule has 0 saturated heterocycles. The number of aryl methyl sites for hydroxylation is 2. The predicted octanol–water partition coefficient (Wildman–Crippen LogP) is 3.58. The smallest absolute Gasteiger partial charge is 0.278 e. The third-order valence-electron chi connectivity index (χ3n) is 3.66.